The molecule has 3 N–H and O–H groups in total. The number of benzene rings is 1. The predicted octanol–water partition coefficient (Wildman–Crippen LogP) is 2.56. The molecule has 0 radical (unpaired) electrons. The van der Waals surface area contributed by atoms with Crippen molar-refractivity contribution in [1.29, 1.82) is 0 Å². The zero-order valence-corrected chi connectivity index (χ0v) is 10.0. The summed E-state index contributed by atoms with van der Waals surface area (Å²) in [5.41, 5.74) is 9.22. The van der Waals surface area contributed by atoms with Crippen LogP contribution in [-0.2, 0) is 4.74 Å². The number of nitrogens with two attached hydrogens (primary N) is 1. The second-order valence-corrected chi connectivity index (χ2v) is 4.84. The monoisotopic (exact) mass is 220 g/mol. The molecule has 1 aliphatic heterocycles. The number of rotatable bonds is 2. The average Bonchev–Trinajstić information content (AvgIpc) is 2.25. The van der Waals surface area contributed by atoms with Crippen LogP contribution in [0.5, 0.6) is 0 Å². The molecule has 0 amide bonds. The molecule has 1 fully saturated rings. The third-order valence-corrected chi connectivity index (χ3v) is 3.33. The summed E-state index contributed by atoms with van der Waals surface area (Å²) in [4.78, 5) is 0. The van der Waals surface area contributed by atoms with Gasteiger partial charge in [-0.2, -0.15) is 0 Å². The van der Waals surface area contributed by atoms with Crippen LogP contribution in [0.25, 0.3) is 0 Å². The summed E-state index contributed by atoms with van der Waals surface area (Å²) in [5, 5.41) is 3.59. The number of nitrogens with one attached hydrogen (secondary N) is 1. The van der Waals surface area contributed by atoms with Crippen molar-refractivity contribution in [3.8, 4) is 0 Å². The number of ether oxygens (including phenoxy) is 1. The van der Waals surface area contributed by atoms with Crippen molar-refractivity contribution in [3.63, 3.8) is 0 Å². The van der Waals surface area contributed by atoms with Crippen LogP contribution in [-0.4, -0.2) is 18.8 Å². The second kappa shape index (κ2) is 4.34. The van der Waals surface area contributed by atoms with Gasteiger partial charge in [0.25, 0.3) is 0 Å². The quantitative estimate of drug-likeness (QED) is 0.753. The number of hydrogen-bond acceptors (Lipinski definition) is 3. The van der Waals surface area contributed by atoms with Crippen LogP contribution in [0.4, 0.5) is 11.4 Å². The Morgan fingerprint density at radius 2 is 2.00 bits per heavy atom. The molecule has 1 aromatic carbocycles. The molecular formula is C13H20N2O. The first-order valence-electron chi connectivity index (χ1n) is 5.82. The molecule has 0 spiro atoms. The number of para-hydroxylation sites is 1. The van der Waals surface area contributed by atoms with E-state index >= 15 is 0 Å². The van der Waals surface area contributed by atoms with Gasteiger partial charge in [-0.3, -0.25) is 0 Å². The fraction of sp³-hybridized carbons (Fsp3) is 0.538. The van der Waals surface area contributed by atoms with Crippen molar-refractivity contribution in [1.82, 2.24) is 0 Å². The molecule has 2 rings (SSSR count). The Hall–Kier alpha value is -1.22. The maximum absolute atomic E-state index is 6.00. The Labute approximate surface area is 97.0 Å². The van der Waals surface area contributed by atoms with Gasteiger partial charge >= 0.3 is 0 Å². The van der Waals surface area contributed by atoms with E-state index in [2.05, 4.69) is 25.2 Å². The predicted molar refractivity (Wildman–Crippen MR) is 67.7 cm³/mol. The standard InChI is InChI=1S/C13H20N2O/c1-10-4-3-5-11(14)12(10)15-13(2)6-8-16-9-7-13/h3-5,15H,6-9,14H2,1-2H3. The number of anilines is 2. The largest absolute Gasteiger partial charge is 0.397 e. The smallest absolute Gasteiger partial charge is 0.0607 e. The molecule has 16 heavy (non-hydrogen) atoms. The van der Waals surface area contributed by atoms with Gasteiger partial charge in [0.2, 0.25) is 0 Å². The van der Waals surface area contributed by atoms with Crippen LogP contribution in [0.15, 0.2) is 18.2 Å². The summed E-state index contributed by atoms with van der Waals surface area (Å²) < 4.78 is 5.39. The molecule has 0 aromatic heterocycles. The molecule has 0 bridgehead atoms. The van der Waals surface area contributed by atoms with E-state index in [9.17, 15) is 0 Å². The minimum absolute atomic E-state index is 0.110. The van der Waals surface area contributed by atoms with Crippen molar-refractivity contribution >= 4 is 11.4 Å². The van der Waals surface area contributed by atoms with Crippen LogP contribution in [0.2, 0.25) is 0 Å². The summed E-state index contributed by atoms with van der Waals surface area (Å²) >= 11 is 0. The second-order valence-electron chi connectivity index (χ2n) is 4.84. The highest BCUT2D eigenvalue weighted by atomic mass is 16.5. The highest BCUT2D eigenvalue weighted by Gasteiger charge is 2.27. The first-order chi connectivity index (χ1) is 7.61. The summed E-state index contributed by atoms with van der Waals surface area (Å²) in [5.74, 6) is 0. The Bertz CT molecular complexity index is 350. The van der Waals surface area contributed by atoms with Crippen LogP contribution in [0, 0.1) is 6.92 Å². The summed E-state index contributed by atoms with van der Waals surface area (Å²) in [6, 6.07) is 6.02. The van der Waals surface area contributed by atoms with Gasteiger partial charge in [-0.1, -0.05) is 12.1 Å². The molecule has 1 aliphatic rings. The fourth-order valence-electron chi connectivity index (χ4n) is 2.11. The molecule has 0 saturated carbocycles. The summed E-state index contributed by atoms with van der Waals surface area (Å²) in [6.07, 6.45) is 2.06. The highest BCUT2D eigenvalue weighted by Crippen LogP contribution is 2.30. The van der Waals surface area contributed by atoms with Gasteiger partial charge in [-0.05, 0) is 38.3 Å². The molecule has 3 heteroatoms. The lowest BCUT2D eigenvalue weighted by Gasteiger charge is -2.36. The van der Waals surface area contributed by atoms with Crippen molar-refractivity contribution < 1.29 is 4.74 Å². The van der Waals surface area contributed by atoms with Crippen molar-refractivity contribution in [3.05, 3.63) is 23.8 Å². The van der Waals surface area contributed by atoms with E-state index < -0.39 is 0 Å². The van der Waals surface area contributed by atoms with Gasteiger partial charge in [0, 0.05) is 18.8 Å². The van der Waals surface area contributed by atoms with Gasteiger partial charge in [0.05, 0.1) is 11.4 Å². The SMILES string of the molecule is Cc1cccc(N)c1NC1(C)CCOCC1. The van der Waals surface area contributed by atoms with Gasteiger partial charge in [-0.15, -0.1) is 0 Å². The Kier molecular flexibility index (Phi) is 3.06. The molecule has 0 aliphatic carbocycles. The molecule has 0 atom stereocenters. The molecule has 1 saturated heterocycles. The van der Waals surface area contributed by atoms with E-state index in [-0.39, 0.29) is 5.54 Å². The van der Waals surface area contributed by atoms with Gasteiger partial charge in [0.1, 0.15) is 0 Å². The first kappa shape index (κ1) is 11.3. The van der Waals surface area contributed by atoms with Crippen molar-refractivity contribution in [2.45, 2.75) is 32.2 Å². The van der Waals surface area contributed by atoms with Crippen LogP contribution in [0.3, 0.4) is 0 Å². The summed E-state index contributed by atoms with van der Waals surface area (Å²) in [7, 11) is 0. The van der Waals surface area contributed by atoms with E-state index in [1.807, 2.05) is 12.1 Å². The van der Waals surface area contributed by atoms with Crippen LogP contribution in [0.1, 0.15) is 25.3 Å². The van der Waals surface area contributed by atoms with E-state index in [4.69, 9.17) is 10.5 Å². The maximum atomic E-state index is 6.00. The first-order valence-corrected chi connectivity index (χ1v) is 5.82. The lowest BCUT2D eigenvalue weighted by molar-refractivity contribution is 0.0658. The lowest BCUT2D eigenvalue weighted by atomic mass is 9.91. The maximum Gasteiger partial charge on any atom is 0.0607 e. The Morgan fingerprint density at radius 1 is 1.31 bits per heavy atom. The van der Waals surface area contributed by atoms with Gasteiger partial charge < -0.3 is 15.8 Å². The van der Waals surface area contributed by atoms with E-state index in [0.29, 0.717) is 0 Å². The molecule has 0 unspecified atom stereocenters. The number of nitrogen functional groups attached to an aromatic ring is 1. The average molecular weight is 220 g/mol. The lowest BCUT2D eigenvalue weighted by Crippen LogP contribution is -2.41. The minimum atomic E-state index is 0.110. The van der Waals surface area contributed by atoms with Crippen molar-refractivity contribution in [2.24, 2.45) is 0 Å². The third kappa shape index (κ3) is 2.30. The van der Waals surface area contributed by atoms with Gasteiger partial charge in [0.15, 0.2) is 0 Å². The fourth-order valence-corrected chi connectivity index (χ4v) is 2.11. The zero-order valence-electron chi connectivity index (χ0n) is 10.0. The van der Waals surface area contributed by atoms with E-state index in [1.54, 1.807) is 0 Å². The highest BCUT2D eigenvalue weighted by molar-refractivity contribution is 5.70. The molecule has 1 heterocycles. The Morgan fingerprint density at radius 3 is 2.62 bits per heavy atom. The molecular weight excluding hydrogens is 200 g/mol. The summed E-state index contributed by atoms with van der Waals surface area (Å²) in [6.45, 7) is 5.98. The number of hydrogen-bond donors (Lipinski definition) is 2. The molecule has 3 nitrogen and oxygen atoms in total. The molecule has 1 aromatic rings. The van der Waals surface area contributed by atoms with Gasteiger partial charge in [-0.25, -0.2) is 0 Å². The minimum Gasteiger partial charge on any atom is -0.397 e. The molecule has 88 valence electrons. The van der Waals surface area contributed by atoms with Crippen LogP contribution >= 0.6 is 0 Å². The zero-order chi connectivity index (χ0) is 11.6. The number of aryl methyl sites for hydroxylation is 1. The Balaban J connectivity index is 2.19. The van der Waals surface area contributed by atoms with E-state index in [0.717, 1.165) is 37.4 Å². The third-order valence-electron chi connectivity index (χ3n) is 3.33. The normalized spacial score (nSPS) is 19.4. The van der Waals surface area contributed by atoms with Crippen LogP contribution < -0.4 is 11.1 Å². The van der Waals surface area contributed by atoms with Crippen molar-refractivity contribution in [2.75, 3.05) is 24.3 Å². The topological polar surface area (TPSA) is 47.3 Å². The van der Waals surface area contributed by atoms with E-state index in [1.165, 1.54) is 5.56 Å².